The van der Waals surface area contributed by atoms with Crippen molar-refractivity contribution in [3.63, 3.8) is 0 Å². The molecule has 0 unspecified atom stereocenters. The molecule has 7 heteroatoms. The van der Waals surface area contributed by atoms with Gasteiger partial charge in [-0.05, 0) is 49.6 Å². The second kappa shape index (κ2) is 8.41. The van der Waals surface area contributed by atoms with Crippen molar-refractivity contribution >= 4 is 17.5 Å². The lowest BCUT2D eigenvalue weighted by atomic mass is 10.1. The monoisotopic (exact) mass is 405 g/mol. The largest absolute Gasteiger partial charge is 0.497 e. The minimum Gasteiger partial charge on any atom is -0.497 e. The molecule has 2 aromatic carbocycles. The van der Waals surface area contributed by atoms with E-state index in [1.165, 1.54) is 0 Å². The van der Waals surface area contributed by atoms with Gasteiger partial charge in [0.15, 0.2) is 0 Å². The normalized spacial score (nSPS) is 13.3. The number of carbonyl (C=O) groups excluding carboxylic acids is 2. The molecule has 7 nitrogen and oxygen atoms in total. The fourth-order valence-corrected chi connectivity index (χ4v) is 3.58. The number of anilines is 1. The third-order valence-corrected chi connectivity index (χ3v) is 5.31. The van der Waals surface area contributed by atoms with Crippen LogP contribution in [0.3, 0.4) is 0 Å². The van der Waals surface area contributed by atoms with Gasteiger partial charge in [0, 0.05) is 36.0 Å². The Kier molecular flexibility index (Phi) is 5.52. The van der Waals surface area contributed by atoms with Crippen molar-refractivity contribution in [3.8, 4) is 17.0 Å². The lowest BCUT2D eigenvalue weighted by Gasteiger charge is -2.18. The van der Waals surface area contributed by atoms with Gasteiger partial charge in [-0.1, -0.05) is 23.4 Å². The van der Waals surface area contributed by atoms with Crippen LogP contribution in [0.15, 0.2) is 53.1 Å². The highest BCUT2D eigenvalue weighted by Crippen LogP contribution is 2.25. The van der Waals surface area contributed by atoms with Crippen molar-refractivity contribution in [2.75, 3.05) is 25.5 Å². The van der Waals surface area contributed by atoms with E-state index in [1.54, 1.807) is 31.4 Å². The third-order valence-electron chi connectivity index (χ3n) is 5.31. The van der Waals surface area contributed by atoms with Crippen molar-refractivity contribution in [1.82, 2.24) is 10.1 Å². The van der Waals surface area contributed by atoms with Crippen molar-refractivity contribution in [2.24, 2.45) is 0 Å². The van der Waals surface area contributed by atoms with Gasteiger partial charge in [-0.25, -0.2) is 0 Å². The highest BCUT2D eigenvalue weighted by Gasteiger charge is 2.22. The number of ether oxygens (including phenoxy) is 1. The van der Waals surface area contributed by atoms with E-state index in [-0.39, 0.29) is 11.7 Å². The molecular weight excluding hydrogens is 382 g/mol. The van der Waals surface area contributed by atoms with Crippen LogP contribution in [0.5, 0.6) is 5.75 Å². The van der Waals surface area contributed by atoms with E-state index in [2.05, 4.69) is 10.5 Å². The number of hydrogen-bond donors (Lipinski definition) is 1. The summed E-state index contributed by atoms with van der Waals surface area (Å²) in [6, 6.07) is 14.3. The molecule has 0 atom stereocenters. The number of likely N-dealkylation sites (tertiary alicyclic amines) is 1. The topological polar surface area (TPSA) is 84.7 Å². The van der Waals surface area contributed by atoms with E-state index >= 15 is 0 Å². The number of nitrogens with one attached hydrogen (secondary N) is 1. The van der Waals surface area contributed by atoms with E-state index in [9.17, 15) is 9.59 Å². The fourth-order valence-electron chi connectivity index (χ4n) is 3.58. The number of methoxy groups -OCH3 is 1. The summed E-state index contributed by atoms with van der Waals surface area (Å²) in [5.41, 5.74) is 3.23. The van der Waals surface area contributed by atoms with Gasteiger partial charge in [0.25, 0.3) is 11.8 Å². The molecule has 2 amide bonds. The highest BCUT2D eigenvalue weighted by molar-refractivity contribution is 6.05. The number of nitrogens with zero attached hydrogens (tertiary/aromatic N) is 2. The maximum absolute atomic E-state index is 12.8. The van der Waals surface area contributed by atoms with E-state index in [1.807, 2.05) is 36.1 Å². The van der Waals surface area contributed by atoms with Crippen molar-refractivity contribution in [2.45, 2.75) is 19.8 Å². The average molecular weight is 405 g/mol. The van der Waals surface area contributed by atoms with Crippen LogP contribution in [0.1, 0.15) is 39.3 Å². The van der Waals surface area contributed by atoms with E-state index < -0.39 is 5.91 Å². The van der Waals surface area contributed by atoms with Crippen molar-refractivity contribution < 1.29 is 18.8 Å². The molecule has 1 aliphatic heterocycles. The van der Waals surface area contributed by atoms with E-state index in [0.717, 1.165) is 37.1 Å². The third kappa shape index (κ3) is 3.91. The minimum absolute atomic E-state index is 0.000996. The maximum atomic E-state index is 12.8. The first-order valence-corrected chi connectivity index (χ1v) is 9.88. The van der Waals surface area contributed by atoms with Gasteiger partial charge >= 0.3 is 0 Å². The van der Waals surface area contributed by atoms with Crippen LogP contribution in [-0.2, 0) is 0 Å². The lowest BCUT2D eigenvalue weighted by Crippen LogP contribution is -2.28. The number of aromatic nitrogens is 1. The van der Waals surface area contributed by atoms with Crippen LogP contribution in [0.4, 0.5) is 5.69 Å². The van der Waals surface area contributed by atoms with Crippen molar-refractivity contribution in [1.29, 1.82) is 0 Å². The molecule has 1 fully saturated rings. The standard InChI is InChI=1S/C23H23N3O4/c1-15-18(23(28)26-11-3-4-12-26)9-6-10-19(15)24-22(27)21-14-20(25-30-21)16-7-5-8-17(13-16)29-2/h5-10,13-14H,3-4,11-12H2,1-2H3,(H,24,27). The molecule has 0 spiro atoms. The molecule has 0 aliphatic carbocycles. The number of hydrogen-bond acceptors (Lipinski definition) is 5. The Hall–Kier alpha value is -3.61. The molecule has 0 bridgehead atoms. The SMILES string of the molecule is COc1cccc(-c2cc(C(=O)Nc3cccc(C(=O)N4CCCC4)c3C)on2)c1. The van der Waals surface area contributed by atoms with Gasteiger partial charge in [0.05, 0.1) is 7.11 Å². The highest BCUT2D eigenvalue weighted by atomic mass is 16.5. The van der Waals surface area contributed by atoms with Crippen LogP contribution in [0, 0.1) is 6.92 Å². The zero-order chi connectivity index (χ0) is 21.1. The van der Waals surface area contributed by atoms with Crippen LogP contribution in [0.25, 0.3) is 11.3 Å². The van der Waals surface area contributed by atoms with Gasteiger partial charge in [0.2, 0.25) is 5.76 Å². The summed E-state index contributed by atoms with van der Waals surface area (Å²) < 4.78 is 10.5. The predicted molar refractivity (Wildman–Crippen MR) is 113 cm³/mol. The number of rotatable bonds is 5. The fraction of sp³-hybridized carbons (Fsp3) is 0.261. The zero-order valence-corrected chi connectivity index (χ0v) is 17.0. The van der Waals surface area contributed by atoms with Crippen molar-refractivity contribution in [3.05, 3.63) is 65.4 Å². The van der Waals surface area contributed by atoms with Gasteiger partial charge in [0.1, 0.15) is 11.4 Å². The van der Waals surface area contributed by atoms with Gasteiger partial charge in [-0.15, -0.1) is 0 Å². The zero-order valence-electron chi connectivity index (χ0n) is 17.0. The molecular formula is C23H23N3O4. The Morgan fingerprint density at radius 2 is 1.87 bits per heavy atom. The summed E-state index contributed by atoms with van der Waals surface area (Å²) >= 11 is 0. The van der Waals surface area contributed by atoms with Gasteiger partial charge in [-0.2, -0.15) is 0 Å². The first-order chi connectivity index (χ1) is 14.6. The maximum Gasteiger partial charge on any atom is 0.294 e. The first-order valence-electron chi connectivity index (χ1n) is 9.88. The molecule has 3 aromatic rings. The van der Waals surface area contributed by atoms with Crippen LogP contribution in [0.2, 0.25) is 0 Å². The molecule has 154 valence electrons. The Balaban J connectivity index is 1.52. The van der Waals surface area contributed by atoms with Crippen LogP contribution in [-0.4, -0.2) is 42.1 Å². The van der Waals surface area contributed by atoms with Crippen LogP contribution >= 0.6 is 0 Å². The summed E-state index contributed by atoms with van der Waals surface area (Å²) in [6.45, 7) is 3.39. The second-order valence-electron chi connectivity index (χ2n) is 7.24. The molecule has 30 heavy (non-hydrogen) atoms. The summed E-state index contributed by atoms with van der Waals surface area (Å²) in [5.74, 6) is 0.353. The molecule has 4 rings (SSSR count). The van der Waals surface area contributed by atoms with Crippen LogP contribution < -0.4 is 10.1 Å². The van der Waals surface area contributed by atoms with Gasteiger partial charge < -0.3 is 19.5 Å². The molecule has 0 radical (unpaired) electrons. The Labute approximate surface area is 174 Å². The lowest BCUT2D eigenvalue weighted by molar-refractivity contribution is 0.0791. The summed E-state index contributed by atoms with van der Waals surface area (Å²) in [6.07, 6.45) is 2.06. The number of benzene rings is 2. The second-order valence-corrected chi connectivity index (χ2v) is 7.24. The smallest absolute Gasteiger partial charge is 0.294 e. The molecule has 2 heterocycles. The molecule has 1 saturated heterocycles. The minimum atomic E-state index is -0.425. The summed E-state index contributed by atoms with van der Waals surface area (Å²) in [5, 5.41) is 6.82. The number of carbonyl (C=O) groups is 2. The molecule has 0 saturated carbocycles. The summed E-state index contributed by atoms with van der Waals surface area (Å²) in [7, 11) is 1.59. The molecule has 1 aliphatic rings. The predicted octanol–water partition coefficient (Wildman–Crippen LogP) is 4.15. The molecule has 1 N–H and O–H groups in total. The Morgan fingerprint density at radius 1 is 1.10 bits per heavy atom. The average Bonchev–Trinajstić information content (AvgIpc) is 3.47. The first kappa shape index (κ1) is 19.7. The Morgan fingerprint density at radius 3 is 2.63 bits per heavy atom. The Bertz CT molecular complexity index is 1080. The van der Waals surface area contributed by atoms with E-state index in [4.69, 9.17) is 9.26 Å². The quantitative estimate of drug-likeness (QED) is 0.689. The van der Waals surface area contributed by atoms with E-state index in [0.29, 0.717) is 22.7 Å². The van der Waals surface area contributed by atoms with Gasteiger partial charge in [-0.3, -0.25) is 9.59 Å². The molecule has 1 aromatic heterocycles. The number of amides is 2. The summed E-state index contributed by atoms with van der Waals surface area (Å²) in [4.78, 5) is 27.3.